The lowest BCUT2D eigenvalue weighted by Crippen LogP contribution is -2.02. The van der Waals surface area contributed by atoms with Crippen LogP contribution in [-0.4, -0.2) is 48.0 Å². The van der Waals surface area contributed by atoms with Gasteiger partial charge in [0.25, 0.3) is 0 Å². The maximum absolute atomic E-state index is 12.3. The van der Waals surface area contributed by atoms with Gasteiger partial charge in [-0.1, -0.05) is 23.4 Å². The normalized spacial score (nSPS) is 10.6. The van der Waals surface area contributed by atoms with Crippen molar-refractivity contribution in [2.24, 2.45) is 0 Å². The molecule has 0 saturated carbocycles. The molecule has 1 aromatic heterocycles. The molecular weight excluding hydrogens is 402 g/mol. The van der Waals surface area contributed by atoms with Crippen LogP contribution in [0.15, 0.2) is 41.6 Å². The van der Waals surface area contributed by atoms with E-state index in [2.05, 4.69) is 15.2 Å². The zero-order valence-corrected chi connectivity index (χ0v) is 17.1. The predicted molar refractivity (Wildman–Crippen MR) is 108 cm³/mol. The van der Waals surface area contributed by atoms with Crippen molar-refractivity contribution in [1.82, 2.24) is 15.2 Å². The van der Waals surface area contributed by atoms with Crippen LogP contribution in [0.4, 0.5) is 0 Å². The summed E-state index contributed by atoms with van der Waals surface area (Å²) in [4.78, 5) is 16.7. The number of aromatic nitrogens is 3. The van der Waals surface area contributed by atoms with E-state index in [1.54, 1.807) is 57.7 Å². The van der Waals surface area contributed by atoms with Gasteiger partial charge < -0.3 is 14.2 Å². The van der Waals surface area contributed by atoms with Gasteiger partial charge in [0.1, 0.15) is 0 Å². The van der Waals surface area contributed by atoms with Gasteiger partial charge in [0.05, 0.1) is 27.1 Å². The van der Waals surface area contributed by atoms with Gasteiger partial charge in [0.2, 0.25) is 10.9 Å². The van der Waals surface area contributed by atoms with Gasteiger partial charge in [-0.15, -0.1) is 5.10 Å². The number of benzene rings is 2. The summed E-state index contributed by atoms with van der Waals surface area (Å²) in [6, 6.07) is 10.3. The van der Waals surface area contributed by atoms with E-state index >= 15 is 0 Å². The summed E-state index contributed by atoms with van der Waals surface area (Å²) in [6.45, 7) is 0. The molecule has 0 aliphatic heterocycles. The number of halogens is 1. The van der Waals surface area contributed by atoms with Gasteiger partial charge in [0.15, 0.2) is 23.1 Å². The van der Waals surface area contributed by atoms with Crippen LogP contribution in [0.25, 0.3) is 11.4 Å². The molecule has 7 nitrogen and oxygen atoms in total. The van der Waals surface area contributed by atoms with Crippen LogP contribution in [-0.2, 0) is 0 Å². The molecule has 0 atom stereocenters. The summed E-state index contributed by atoms with van der Waals surface area (Å²) >= 11 is 7.09. The van der Waals surface area contributed by atoms with E-state index in [0.717, 1.165) is 5.56 Å². The molecule has 1 heterocycles. The molecule has 0 spiro atoms. The second kappa shape index (κ2) is 8.99. The van der Waals surface area contributed by atoms with Crippen LogP contribution < -0.4 is 14.2 Å². The van der Waals surface area contributed by atoms with E-state index in [1.165, 1.54) is 11.8 Å². The summed E-state index contributed by atoms with van der Waals surface area (Å²) in [6.07, 6.45) is 0. The monoisotopic (exact) mass is 419 g/mol. The van der Waals surface area contributed by atoms with E-state index in [-0.39, 0.29) is 11.5 Å². The summed E-state index contributed by atoms with van der Waals surface area (Å²) in [5, 5.41) is 8.09. The number of hydrogen-bond donors (Lipinski definition) is 1. The lowest BCUT2D eigenvalue weighted by atomic mass is 10.1. The average Bonchev–Trinajstić information content (AvgIpc) is 3.20. The molecule has 0 saturated heterocycles. The summed E-state index contributed by atoms with van der Waals surface area (Å²) in [5.41, 5.74) is 1.31. The first-order valence-electron chi connectivity index (χ1n) is 8.20. The Bertz CT molecular complexity index is 951. The highest BCUT2D eigenvalue weighted by Crippen LogP contribution is 2.40. The number of ether oxygens (including phenoxy) is 3. The van der Waals surface area contributed by atoms with Crippen molar-refractivity contribution in [3.05, 3.63) is 47.0 Å². The number of rotatable bonds is 8. The Hall–Kier alpha value is -2.71. The number of nitrogens with zero attached hydrogens (tertiary/aromatic N) is 2. The second-order valence-electron chi connectivity index (χ2n) is 5.60. The summed E-state index contributed by atoms with van der Waals surface area (Å²) in [7, 11) is 4.64. The summed E-state index contributed by atoms with van der Waals surface area (Å²) < 4.78 is 16.0. The molecule has 1 N–H and O–H groups in total. The topological polar surface area (TPSA) is 86.3 Å². The lowest BCUT2D eigenvalue weighted by molar-refractivity contribution is 0.102. The number of aromatic amines is 1. The molecule has 0 amide bonds. The Labute approximate surface area is 171 Å². The number of H-pyrrole nitrogens is 1. The van der Waals surface area contributed by atoms with Gasteiger partial charge in [-0.25, -0.2) is 4.98 Å². The third kappa shape index (κ3) is 4.40. The van der Waals surface area contributed by atoms with Crippen molar-refractivity contribution in [3.63, 3.8) is 0 Å². The molecular formula is C19H18ClN3O4S. The highest BCUT2D eigenvalue weighted by molar-refractivity contribution is 7.99. The fraction of sp³-hybridized carbons (Fsp3) is 0.211. The molecule has 0 radical (unpaired) electrons. The molecule has 0 bridgehead atoms. The fourth-order valence-corrected chi connectivity index (χ4v) is 3.33. The minimum Gasteiger partial charge on any atom is -0.493 e. The Kier molecular flexibility index (Phi) is 6.43. The summed E-state index contributed by atoms with van der Waals surface area (Å²) in [5.74, 6) is 2.24. The van der Waals surface area contributed by atoms with Crippen LogP contribution >= 0.6 is 23.4 Å². The third-order valence-corrected chi connectivity index (χ3v) is 5.00. The number of ketones is 1. The van der Waals surface area contributed by atoms with E-state index in [0.29, 0.717) is 38.8 Å². The van der Waals surface area contributed by atoms with Gasteiger partial charge in [-0.3, -0.25) is 9.89 Å². The van der Waals surface area contributed by atoms with Crippen LogP contribution in [0.5, 0.6) is 17.2 Å². The molecule has 0 unspecified atom stereocenters. The van der Waals surface area contributed by atoms with Crippen molar-refractivity contribution in [1.29, 1.82) is 0 Å². The van der Waals surface area contributed by atoms with Gasteiger partial charge in [-0.05, 0) is 36.4 Å². The minimum absolute atomic E-state index is 0.0270. The highest BCUT2D eigenvalue weighted by Gasteiger charge is 2.17. The first-order valence-corrected chi connectivity index (χ1v) is 9.56. The molecule has 2 aromatic carbocycles. The molecule has 3 rings (SSSR count). The molecule has 0 aliphatic carbocycles. The van der Waals surface area contributed by atoms with Crippen molar-refractivity contribution in [2.45, 2.75) is 5.16 Å². The van der Waals surface area contributed by atoms with E-state index < -0.39 is 0 Å². The van der Waals surface area contributed by atoms with Crippen molar-refractivity contribution in [2.75, 3.05) is 27.1 Å². The first-order chi connectivity index (χ1) is 13.5. The number of hydrogen-bond acceptors (Lipinski definition) is 7. The van der Waals surface area contributed by atoms with Crippen molar-refractivity contribution in [3.8, 4) is 28.6 Å². The van der Waals surface area contributed by atoms with E-state index in [4.69, 9.17) is 25.8 Å². The highest BCUT2D eigenvalue weighted by atomic mass is 35.5. The van der Waals surface area contributed by atoms with E-state index in [9.17, 15) is 4.79 Å². The maximum atomic E-state index is 12.3. The second-order valence-corrected chi connectivity index (χ2v) is 6.98. The Morgan fingerprint density at radius 2 is 1.71 bits per heavy atom. The quantitative estimate of drug-likeness (QED) is 0.434. The standard InChI is InChI=1S/C19H18ClN3O4S/c1-25-15-8-12(9-16(26-2)17(15)27-3)18-21-19(23-22-18)28-10-14(24)11-4-6-13(20)7-5-11/h4-9H,10H2,1-3H3,(H,21,22,23). The van der Waals surface area contributed by atoms with Gasteiger partial charge in [-0.2, -0.15) is 0 Å². The smallest absolute Gasteiger partial charge is 0.209 e. The molecule has 3 aromatic rings. The maximum Gasteiger partial charge on any atom is 0.209 e. The Morgan fingerprint density at radius 1 is 1.07 bits per heavy atom. The van der Waals surface area contributed by atoms with Crippen LogP contribution in [0, 0.1) is 0 Å². The van der Waals surface area contributed by atoms with Gasteiger partial charge >= 0.3 is 0 Å². The van der Waals surface area contributed by atoms with Crippen LogP contribution in [0.3, 0.4) is 0 Å². The average molecular weight is 420 g/mol. The van der Waals surface area contributed by atoms with Crippen molar-refractivity contribution >= 4 is 29.1 Å². The van der Waals surface area contributed by atoms with Crippen molar-refractivity contribution < 1.29 is 19.0 Å². The number of thioether (sulfide) groups is 1. The number of Topliss-reactive ketones (excluding diaryl/α,β-unsaturated/α-hetero) is 1. The molecule has 146 valence electrons. The predicted octanol–water partition coefficient (Wildman–Crippen LogP) is 4.13. The molecule has 9 heteroatoms. The van der Waals surface area contributed by atoms with E-state index in [1.807, 2.05) is 0 Å². The fourth-order valence-electron chi connectivity index (χ4n) is 2.51. The zero-order valence-electron chi connectivity index (χ0n) is 15.5. The molecule has 0 fully saturated rings. The molecule has 28 heavy (non-hydrogen) atoms. The number of carbonyl (C=O) groups is 1. The van der Waals surface area contributed by atoms with Gasteiger partial charge in [0, 0.05) is 16.1 Å². The Balaban J connectivity index is 1.75. The zero-order chi connectivity index (χ0) is 20.1. The first kappa shape index (κ1) is 20.0. The SMILES string of the molecule is COc1cc(-c2nc(SCC(=O)c3ccc(Cl)cc3)n[nH]2)cc(OC)c1OC. The minimum atomic E-state index is -0.0270. The van der Waals surface area contributed by atoms with Crippen LogP contribution in [0.2, 0.25) is 5.02 Å². The van der Waals surface area contributed by atoms with Crippen LogP contribution in [0.1, 0.15) is 10.4 Å². The lowest BCUT2D eigenvalue weighted by Gasteiger charge is -2.13. The third-order valence-electron chi connectivity index (χ3n) is 3.90. The largest absolute Gasteiger partial charge is 0.493 e. The molecule has 0 aliphatic rings. The number of carbonyl (C=O) groups excluding carboxylic acids is 1. The Morgan fingerprint density at radius 3 is 2.29 bits per heavy atom. The number of methoxy groups -OCH3 is 3. The number of nitrogens with one attached hydrogen (secondary N) is 1.